The Kier molecular flexibility index (Phi) is 8.63. The van der Waals surface area contributed by atoms with E-state index in [2.05, 4.69) is 21.2 Å². The number of rotatable bonds is 9. The van der Waals surface area contributed by atoms with Crippen LogP contribution in [0.2, 0.25) is 0 Å². The first-order valence-electron chi connectivity index (χ1n) is 10.9. The van der Waals surface area contributed by atoms with Gasteiger partial charge in [-0.15, -0.1) is 0 Å². The van der Waals surface area contributed by atoms with E-state index in [1.807, 2.05) is 92.7 Å². The van der Waals surface area contributed by atoms with E-state index in [1.165, 1.54) is 0 Å². The fraction of sp³-hybridized carbons (Fsp3) is 0.259. The zero-order chi connectivity index (χ0) is 22.9. The molecule has 0 saturated carbocycles. The Morgan fingerprint density at radius 2 is 1.59 bits per heavy atom. The third-order valence-corrected chi connectivity index (χ3v) is 5.83. The minimum absolute atomic E-state index is 0.0685. The molecule has 1 atom stereocenters. The molecule has 0 radical (unpaired) electrons. The van der Waals surface area contributed by atoms with E-state index in [9.17, 15) is 9.59 Å². The van der Waals surface area contributed by atoms with E-state index in [4.69, 9.17) is 0 Å². The minimum Gasteiger partial charge on any atom is -0.355 e. The van der Waals surface area contributed by atoms with Crippen LogP contribution in [-0.4, -0.2) is 29.3 Å². The van der Waals surface area contributed by atoms with Crippen molar-refractivity contribution in [2.24, 2.45) is 0 Å². The Labute approximate surface area is 198 Å². The SMILES string of the molecule is CCNC(=O)[C@@H](Cc1ccccc1)N(Cc1cccc(Br)c1)C(=O)Cc1ccc(C)cc1. The standard InChI is InChI=1S/C27H29BrN2O2/c1-3-29-27(32)25(17-21-8-5-4-6-9-21)30(19-23-10-7-11-24(28)16-23)26(31)18-22-14-12-20(2)13-15-22/h4-16,25H,3,17-19H2,1-2H3,(H,29,32)/t25-/m1/s1. The molecule has 2 amide bonds. The van der Waals surface area contributed by atoms with Gasteiger partial charge in [0.05, 0.1) is 6.42 Å². The second-order valence-electron chi connectivity index (χ2n) is 7.91. The molecule has 0 bridgehead atoms. The quantitative estimate of drug-likeness (QED) is 0.452. The van der Waals surface area contributed by atoms with Gasteiger partial charge >= 0.3 is 0 Å². The van der Waals surface area contributed by atoms with Crippen molar-refractivity contribution in [2.75, 3.05) is 6.54 Å². The molecule has 1 N–H and O–H groups in total. The van der Waals surface area contributed by atoms with Crippen LogP contribution in [0.25, 0.3) is 0 Å². The number of likely N-dealkylation sites (N-methyl/N-ethyl adjacent to an activating group) is 1. The molecular weight excluding hydrogens is 464 g/mol. The molecule has 32 heavy (non-hydrogen) atoms. The van der Waals surface area contributed by atoms with Crippen molar-refractivity contribution in [3.05, 3.63) is 106 Å². The average Bonchev–Trinajstić information content (AvgIpc) is 2.78. The summed E-state index contributed by atoms with van der Waals surface area (Å²) in [5, 5.41) is 2.93. The van der Waals surface area contributed by atoms with Gasteiger partial charge in [0.25, 0.3) is 0 Å². The van der Waals surface area contributed by atoms with Crippen molar-refractivity contribution in [3.63, 3.8) is 0 Å². The second kappa shape index (κ2) is 11.6. The number of nitrogens with zero attached hydrogens (tertiary/aromatic N) is 1. The van der Waals surface area contributed by atoms with E-state index in [0.717, 1.165) is 26.7 Å². The van der Waals surface area contributed by atoms with E-state index in [1.54, 1.807) is 4.90 Å². The summed E-state index contributed by atoms with van der Waals surface area (Å²) in [5.41, 5.74) is 4.08. The predicted molar refractivity (Wildman–Crippen MR) is 132 cm³/mol. The highest BCUT2D eigenvalue weighted by Crippen LogP contribution is 2.19. The third kappa shape index (κ3) is 6.79. The monoisotopic (exact) mass is 492 g/mol. The van der Waals surface area contributed by atoms with Gasteiger partial charge < -0.3 is 10.2 Å². The highest BCUT2D eigenvalue weighted by molar-refractivity contribution is 9.10. The van der Waals surface area contributed by atoms with Crippen LogP contribution in [0.3, 0.4) is 0 Å². The third-order valence-electron chi connectivity index (χ3n) is 5.34. The molecule has 5 heteroatoms. The first-order chi connectivity index (χ1) is 15.5. The van der Waals surface area contributed by atoms with Crippen molar-refractivity contribution in [1.29, 1.82) is 0 Å². The fourth-order valence-electron chi connectivity index (χ4n) is 3.66. The number of hydrogen-bond donors (Lipinski definition) is 1. The lowest BCUT2D eigenvalue weighted by Gasteiger charge is -2.31. The maximum atomic E-state index is 13.6. The molecule has 166 valence electrons. The molecule has 4 nitrogen and oxygen atoms in total. The lowest BCUT2D eigenvalue weighted by Crippen LogP contribution is -2.50. The maximum absolute atomic E-state index is 13.6. The summed E-state index contributed by atoms with van der Waals surface area (Å²) in [4.78, 5) is 28.4. The van der Waals surface area contributed by atoms with Gasteiger partial charge in [-0.1, -0.05) is 88.2 Å². The van der Waals surface area contributed by atoms with Crippen LogP contribution in [0.5, 0.6) is 0 Å². The summed E-state index contributed by atoms with van der Waals surface area (Å²) in [6.07, 6.45) is 0.708. The summed E-state index contributed by atoms with van der Waals surface area (Å²) in [6, 6.07) is 25.1. The summed E-state index contributed by atoms with van der Waals surface area (Å²) < 4.78 is 0.943. The van der Waals surface area contributed by atoms with Crippen LogP contribution in [0.1, 0.15) is 29.2 Å². The summed E-state index contributed by atoms with van der Waals surface area (Å²) in [7, 11) is 0. The molecule has 3 aromatic carbocycles. The molecule has 0 fully saturated rings. The van der Waals surface area contributed by atoms with Crippen molar-refractivity contribution < 1.29 is 9.59 Å². The molecule has 0 spiro atoms. The molecule has 0 unspecified atom stereocenters. The van der Waals surface area contributed by atoms with E-state index in [-0.39, 0.29) is 18.2 Å². The Bertz CT molecular complexity index is 1040. The number of benzene rings is 3. The van der Waals surface area contributed by atoms with E-state index >= 15 is 0 Å². The Balaban J connectivity index is 1.94. The largest absolute Gasteiger partial charge is 0.355 e. The molecule has 0 saturated heterocycles. The van der Waals surface area contributed by atoms with Gasteiger partial charge in [-0.05, 0) is 42.7 Å². The Hall–Kier alpha value is -2.92. The van der Waals surface area contributed by atoms with Crippen molar-refractivity contribution in [3.8, 4) is 0 Å². The number of carbonyl (C=O) groups excluding carboxylic acids is 2. The zero-order valence-electron chi connectivity index (χ0n) is 18.6. The van der Waals surface area contributed by atoms with Crippen LogP contribution in [0.4, 0.5) is 0 Å². The van der Waals surface area contributed by atoms with E-state index in [0.29, 0.717) is 19.5 Å². The van der Waals surface area contributed by atoms with Gasteiger partial charge in [0.2, 0.25) is 11.8 Å². The van der Waals surface area contributed by atoms with Gasteiger partial charge in [0, 0.05) is 24.0 Å². The molecule has 0 aliphatic heterocycles. The smallest absolute Gasteiger partial charge is 0.243 e. The lowest BCUT2D eigenvalue weighted by molar-refractivity contribution is -0.140. The zero-order valence-corrected chi connectivity index (χ0v) is 20.1. The molecule has 0 aromatic heterocycles. The molecule has 0 aliphatic rings. The Morgan fingerprint density at radius 1 is 0.906 bits per heavy atom. The van der Waals surface area contributed by atoms with Crippen LogP contribution >= 0.6 is 15.9 Å². The van der Waals surface area contributed by atoms with Crippen LogP contribution < -0.4 is 5.32 Å². The molecule has 3 rings (SSSR count). The number of nitrogens with one attached hydrogen (secondary N) is 1. The summed E-state index contributed by atoms with van der Waals surface area (Å²) in [5.74, 6) is -0.204. The highest BCUT2D eigenvalue weighted by Gasteiger charge is 2.30. The Morgan fingerprint density at radius 3 is 2.25 bits per heavy atom. The first-order valence-corrected chi connectivity index (χ1v) is 11.7. The summed E-state index contributed by atoms with van der Waals surface area (Å²) >= 11 is 3.51. The van der Waals surface area contributed by atoms with Gasteiger partial charge in [-0.25, -0.2) is 0 Å². The average molecular weight is 493 g/mol. The van der Waals surface area contributed by atoms with Crippen molar-refractivity contribution >= 4 is 27.7 Å². The normalized spacial score (nSPS) is 11.6. The maximum Gasteiger partial charge on any atom is 0.243 e. The topological polar surface area (TPSA) is 49.4 Å². The molecule has 3 aromatic rings. The van der Waals surface area contributed by atoms with Gasteiger partial charge in [-0.3, -0.25) is 9.59 Å². The fourth-order valence-corrected chi connectivity index (χ4v) is 4.11. The van der Waals surface area contributed by atoms with Gasteiger partial charge in [0.15, 0.2) is 0 Å². The molecule has 0 aliphatic carbocycles. The minimum atomic E-state index is -0.603. The van der Waals surface area contributed by atoms with Gasteiger partial charge in [0.1, 0.15) is 6.04 Å². The predicted octanol–water partition coefficient (Wildman–Crippen LogP) is 5.08. The van der Waals surface area contributed by atoms with Crippen LogP contribution in [0.15, 0.2) is 83.3 Å². The second-order valence-corrected chi connectivity index (χ2v) is 8.83. The number of aryl methyl sites for hydroxylation is 1. The number of amides is 2. The lowest BCUT2D eigenvalue weighted by atomic mass is 10.0. The molecular formula is C27H29BrN2O2. The number of carbonyl (C=O) groups is 2. The first kappa shape index (κ1) is 23.7. The number of halogens is 1. The molecule has 0 heterocycles. The van der Waals surface area contributed by atoms with Crippen molar-refractivity contribution in [2.45, 2.75) is 39.3 Å². The highest BCUT2D eigenvalue weighted by atomic mass is 79.9. The summed E-state index contributed by atoms with van der Waals surface area (Å²) in [6.45, 7) is 4.79. The van der Waals surface area contributed by atoms with Gasteiger partial charge in [-0.2, -0.15) is 0 Å². The van der Waals surface area contributed by atoms with Crippen LogP contribution in [0, 0.1) is 6.92 Å². The van der Waals surface area contributed by atoms with E-state index < -0.39 is 6.04 Å². The van der Waals surface area contributed by atoms with Crippen molar-refractivity contribution in [1.82, 2.24) is 10.2 Å². The van der Waals surface area contributed by atoms with Crippen LogP contribution in [-0.2, 0) is 29.0 Å². The number of hydrogen-bond acceptors (Lipinski definition) is 2.